The lowest BCUT2D eigenvalue weighted by molar-refractivity contribution is -0.143. The van der Waals surface area contributed by atoms with Gasteiger partial charge in [-0.25, -0.2) is 4.98 Å². The van der Waals surface area contributed by atoms with Gasteiger partial charge in [-0.3, -0.25) is 14.8 Å². The van der Waals surface area contributed by atoms with Crippen molar-refractivity contribution in [2.24, 2.45) is 0 Å². The summed E-state index contributed by atoms with van der Waals surface area (Å²) in [5, 5.41) is 2.76. The van der Waals surface area contributed by atoms with Crippen LogP contribution < -0.4 is 0 Å². The number of hydrogen-bond acceptors (Lipinski definition) is 6. The van der Waals surface area contributed by atoms with Gasteiger partial charge in [0, 0.05) is 24.2 Å². The fourth-order valence-corrected chi connectivity index (χ4v) is 2.23. The first kappa shape index (κ1) is 12.6. The van der Waals surface area contributed by atoms with Gasteiger partial charge < -0.3 is 4.74 Å². The first-order valence-corrected chi connectivity index (χ1v) is 6.54. The first-order chi connectivity index (χ1) is 8.79. The summed E-state index contributed by atoms with van der Waals surface area (Å²) < 4.78 is 4.87. The topological polar surface area (TPSA) is 65.0 Å². The van der Waals surface area contributed by atoms with Gasteiger partial charge >= 0.3 is 5.97 Å². The Morgan fingerprint density at radius 2 is 2.33 bits per heavy atom. The summed E-state index contributed by atoms with van der Waals surface area (Å²) in [6, 6.07) is 0. The van der Waals surface area contributed by atoms with E-state index in [-0.39, 0.29) is 5.97 Å². The van der Waals surface area contributed by atoms with Gasteiger partial charge in [-0.15, -0.1) is 11.3 Å². The van der Waals surface area contributed by atoms with E-state index in [1.807, 2.05) is 5.38 Å². The van der Waals surface area contributed by atoms with Crippen LogP contribution in [0.15, 0.2) is 24.0 Å². The summed E-state index contributed by atoms with van der Waals surface area (Å²) in [5.74, 6) is -0.188. The SMILES string of the molecule is CCOC(=O)CCc1csc(-c2cnccn2)n1. The monoisotopic (exact) mass is 263 g/mol. The van der Waals surface area contributed by atoms with Crippen LogP contribution in [0, 0.1) is 0 Å². The van der Waals surface area contributed by atoms with Gasteiger partial charge in [0.1, 0.15) is 10.7 Å². The van der Waals surface area contributed by atoms with Crippen LogP contribution in [0.2, 0.25) is 0 Å². The fourth-order valence-electron chi connectivity index (χ4n) is 1.41. The third-order valence-corrected chi connectivity index (χ3v) is 3.14. The van der Waals surface area contributed by atoms with Crippen molar-refractivity contribution in [2.75, 3.05) is 6.61 Å². The van der Waals surface area contributed by atoms with Crippen LogP contribution in [-0.2, 0) is 16.0 Å². The molecule has 18 heavy (non-hydrogen) atoms. The van der Waals surface area contributed by atoms with Crippen molar-refractivity contribution < 1.29 is 9.53 Å². The highest BCUT2D eigenvalue weighted by Gasteiger charge is 2.08. The molecule has 5 nitrogen and oxygen atoms in total. The molecule has 0 amide bonds. The predicted molar refractivity (Wildman–Crippen MR) is 68.1 cm³/mol. The van der Waals surface area contributed by atoms with E-state index in [4.69, 9.17) is 4.74 Å². The Kier molecular flexibility index (Phi) is 4.35. The maximum absolute atomic E-state index is 11.2. The summed E-state index contributed by atoms with van der Waals surface area (Å²) in [4.78, 5) is 23.8. The lowest BCUT2D eigenvalue weighted by atomic mass is 10.2. The molecule has 6 heteroatoms. The summed E-state index contributed by atoms with van der Waals surface area (Å²) in [6.07, 6.45) is 5.88. The molecule has 0 bridgehead atoms. The highest BCUT2D eigenvalue weighted by molar-refractivity contribution is 7.13. The van der Waals surface area contributed by atoms with E-state index in [1.165, 1.54) is 11.3 Å². The molecule has 0 spiro atoms. The second kappa shape index (κ2) is 6.20. The molecule has 94 valence electrons. The van der Waals surface area contributed by atoms with E-state index in [0.717, 1.165) is 16.4 Å². The zero-order valence-electron chi connectivity index (χ0n) is 10.00. The van der Waals surface area contributed by atoms with Crippen molar-refractivity contribution in [3.63, 3.8) is 0 Å². The molecular weight excluding hydrogens is 250 g/mol. The van der Waals surface area contributed by atoms with Crippen molar-refractivity contribution in [1.29, 1.82) is 0 Å². The highest BCUT2D eigenvalue weighted by Crippen LogP contribution is 2.21. The molecule has 0 N–H and O–H groups in total. The number of carbonyl (C=O) groups excluding carboxylic acids is 1. The molecule has 0 aliphatic heterocycles. The summed E-state index contributed by atoms with van der Waals surface area (Å²) in [6.45, 7) is 2.22. The van der Waals surface area contributed by atoms with E-state index in [0.29, 0.717) is 19.4 Å². The number of aromatic nitrogens is 3. The highest BCUT2D eigenvalue weighted by atomic mass is 32.1. The van der Waals surface area contributed by atoms with Gasteiger partial charge in [-0.1, -0.05) is 0 Å². The minimum Gasteiger partial charge on any atom is -0.466 e. The minimum atomic E-state index is -0.188. The molecule has 0 radical (unpaired) electrons. The van der Waals surface area contributed by atoms with Crippen LogP contribution in [-0.4, -0.2) is 27.5 Å². The number of esters is 1. The average molecular weight is 263 g/mol. The molecule has 0 saturated heterocycles. The molecule has 0 fully saturated rings. The van der Waals surface area contributed by atoms with Crippen molar-refractivity contribution in [1.82, 2.24) is 15.0 Å². The van der Waals surface area contributed by atoms with Crippen LogP contribution in [0.1, 0.15) is 19.0 Å². The molecule has 0 saturated carbocycles. The van der Waals surface area contributed by atoms with E-state index < -0.39 is 0 Å². The molecule has 0 atom stereocenters. The average Bonchev–Trinajstić information content (AvgIpc) is 2.87. The number of nitrogens with zero attached hydrogens (tertiary/aromatic N) is 3. The quantitative estimate of drug-likeness (QED) is 0.773. The van der Waals surface area contributed by atoms with Gasteiger partial charge in [-0.2, -0.15) is 0 Å². The van der Waals surface area contributed by atoms with Gasteiger partial charge in [0.2, 0.25) is 0 Å². The fraction of sp³-hybridized carbons (Fsp3) is 0.333. The predicted octanol–water partition coefficient (Wildman–Crippen LogP) is 2.10. The zero-order valence-corrected chi connectivity index (χ0v) is 10.8. The van der Waals surface area contributed by atoms with Crippen LogP contribution in [0.3, 0.4) is 0 Å². The summed E-state index contributed by atoms with van der Waals surface area (Å²) in [5.41, 5.74) is 1.64. The molecule has 2 rings (SSSR count). The van der Waals surface area contributed by atoms with Gasteiger partial charge in [0.05, 0.1) is 24.9 Å². The summed E-state index contributed by atoms with van der Waals surface area (Å²) >= 11 is 1.50. The number of aryl methyl sites for hydroxylation is 1. The number of hydrogen-bond donors (Lipinski definition) is 0. The molecule has 2 aromatic heterocycles. The minimum absolute atomic E-state index is 0.188. The van der Waals surface area contributed by atoms with Crippen molar-refractivity contribution in [3.05, 3.63) is 29.7 Å². The standard InChI is InChI=1S/C12H13N3O2S/c1-2-17-11(16)4-3-9-8-18-12(15-9)10-7-13-5-6-14-10/h5-8H,2-4H2,1H3. The second-order valence-corrected chi connectivity index (χ2v) is 4.40. The molecule has 0 aliphatic rings. The van der Waals surface area contributed by atoms with Crippen LogP contribution in [0.4, 0.5) is 0 Å². The number of rotatable bonds is 5. The second-order valence-electron chi connectivity index (χ2n) is 3.54. The Hall–Kier alpha value is -1.82. The largest absolute Gasteiger partial charge is 0.466 e. The molecule has 0 aliphatic carbocycles. The third kappa shape index (κ3) is 3.33. The van der Waals surface area contributed by atoms with E-state index >= 15 is 0 Å². The first-order valence-electron chi connectivity index (χ1n) is 5.66. The maximum Gasteiger partial charge on any atom is 0.306 e. The van der Waals surface area contributed by atoms with E-state index in [2.05, 4.69) is 15.0 Å². The maximum atomic E-state index is 11.2. The Balaban J connectivity index is 1.97. The third-order valence-electron chi connectivity index (χ3n) is 2.22. The molecular formula is C12H13N3O2S. The lowest BCUT2D eigenvalue weighted by Crippen LogP contribution is -2.05. The van der Waals surface area contributed by atoms with Crippen molar-refractivity contribution >= 4 is 17.3 Å². The van der Waals surface area contributed by atoms with Crippen LogP contribution >= 0.6 is 11.3 Å². The smallest absolute Gasteiger partial charge is 0.306 e. The Labute approximate surface area is 109 Å². The molecule has 2 heterocycles. The molecule has 0 aromatic carbocycles. The van der Waals surface area contributed by atoms with Gasteiger partial charge in [0.15, 0.2) is 0 Å². The number of ether oxygens (including phenoxy) is 1. The Morgan fingerprint density at radius 1 is 1.44 bits per heavy atom. The van der Waals surface area contributed by atoms with E-state index in [1.54, 1.807) is 25.5 Å². The van der Waals surface area contributed by atoms with Crippen LogP contribution in [0.5, 0.6) is 0 Å². The van der Waals surface area contributed by atoms with Crippen molar-refractivity contribution in [2.45, 2.75) is 19.8 Å². The van der Waals surface area contributed by atoms with Crippen LogP contribution in [0.25, 0.3) is 10.7 Å². The number of carbonyl (C=O) groups is 1. The number of thiazole rings is 1. The van der Waals surface area contributed by atoms with Gasteiger partial charge in [-0.05, 0) is 6.92 Å². The lowest BCUT2D eigenvalue weighted by Gasteiger charge is -1.99. The molecule has 2 aromatic rings. The van der Waals surface area contributed by atoms with E-state index in [9.17, 15) is 4.79 Å². The summed E-state index contributed by atoms with van der Waals surface area (Å²) in [7, 11) is 0. The Bertz CT molecular complexity index is 513. The Morgan fingerprint density at radius 3 is 3.06 bits per heavy atom. The molecule has 0 unspecified atom stereocenters. The van der Waals surface area contributed by atoms with Gasteiger partial charge in [0.25, 0.3) is 0 Å². The zero-order chi connectivity index (χ0) is 12.8. The van der Waals surface area contributed by atoms with Crippen molar-refractivity contribution in [3.8, 4) is 10.7 Å². The normalized spacial score (nSPS) is 10.3.